The largest absolute Gasteiger partial charge is 0.497 e. The number of hydrogen-bond acceptors (Lipinski definition) is 5. The highest BCUT2D eigenvalue weighted by atomic mass is 35.5. The summed E-state index contributed by atoms with van der Waals surface area (Å²) in [4.78, 5) is 12.1. The Morgan fingerprint density at radius 2 is 2.08 bits per heavy atom. The van der Waals surface area contributed by atoms with Gasteiger partial charge in [0.25, 0.3) is 0 Å². The maximum Gasteiger partial charge on any atom is 0.234 e. The van der Waals surface area contributed by atoms with E-state index in [1.165, 1.54) is 23.9 Å². The number of ether oxygens (including phenoxy) is 1. The molecular weight excluding hydrogens is 379 g/mol. The van der Waals surface area contributed by atoms with E-state index in [4.69, 9.17) is 16.3 Å². The number of rotatable bonds is 6. The van der Waals surface area contributed by atoms with Gasteiger partial charge in [-0.15, -0.1) is 10.2 Å². The first kappa shape index (κ1) is 18.2. The van der Waals surface area contributed by atoms with Gasteiger partial charge in [0, 0.05) is 5.69 Å². The maximum absolute atomic E-state index is 13.0. The zero-order valence-electron chi connectivity index (χ0n) is 13.6. The summed E-state index contributed by atoms with van der Waals surface area (Å²) in [6, 6.07) is 11.2. The van der Waals surface area contributed by atoms with E-state index in [-0.39, 0.29) is 16.7 Å². The Bertz CT molecular complexity index is 917. The molecular formula is C17H14ClFN4O2S. The molecule has 6 nitrogen and oxygen atoms in total. The van der Waals surface area contributed by atoms with Crippen molar-refractivity contribution in [3.8, 4) is 11.4 Å². The zero-order chi connectivity index (χ0) is 18.5. The molecule has 0 spiro atoms. The standard InChI is InChI=1S/C17H14ClFN4O2S/c1-25-13-5-3-12(4-6-13)23-10-20-22-17(23)26-9-16(24)21-15-7-2-11(19)8-14(15)18/h2-8,10H,9H2,1H3,(H,21,24). The summed E-state index contributed by atoms with van der Waals surface area (Å²) < 4.78 is 19.9. The number of aromatic nitrogens is 3. The van der Waals surface area contributed by atoms with Crippen molar-refractivity contribution < 1.29 is 13.9 Å². The fraction of sp³-hybridized carbons (Fsp3) is 0.118. The highest BCUT2D eigenvalue weighted by Crippen LogP contribution is 2.24. The molecule has 1 amide bonds. The van der Waals surface area contributed by atoms with Gasteiger partial charge >= 0.3 is 0 Å². The molecule has 9 heteroatoms. The Morgan fingerprint density at radius 1 is 1.31 bits per heavy atom. The molecule has 0 atom stereocenters. The Labute approximate surface area is 158 Å². The van der Waals surface area contributed by atoms with Crippen LogP contribution < -0.4 is 10.1 Å². The zero-order valence-corrected chi connectivity index (χ0v) is 15.2. The Balaban J connectivity index is 1.64. The summed E-state index contributed by atoms with van der Waals surface area (Å²) in [5.41, 5.74) is 1.20. The summed E-state index contributed by atoms with van der Waals surface area (Å²) in [6.45, 7) is 0. The average molecular weight is 393 g/mol. The number of thioether (sulfide) groups is 1. The lowest BCUT2D eigenvalue weighted by Crippen LogP contribution is -2.14. The third-order valence-electron chi connectivity index (χ3n) is 3.40. The number of halogens is 2. The van der Waals surface area contributed by atoms with Gasteiger partial charge in [-0.05, 0) is 42.5 Å². The van der Waals surface area contributed by atoms with E-state index in [2.05, 4.69) is 15.5 Å². The minimum Gasteiger partial charge on any atom is -0.497 e. The minimum atomic E-state index is -0.463. The molecule has 2 aromatic carbocycles. The first-order valence-corrected chi connectivity index (χ1v) is 8.85. The van der Waals surface area contributed by atoms with Crippen LogP contribution in [0.5, 0.6) is 5.75 Å². The molecule has 0 bridgehead atoms. The molecule has 26 heavy (non-hydrogen) atoms. The van der Waals surface area contributed by atoms with Crippen LogP contribution in [0.1, 0.15) is 0 Å². The molecule has 3 rings (SSSR count). The van der Waals surface area contributed by atoms with Crippen LogP contribution in [-0.4, -0.2) is 33.5 Å². The van der Waals surface area contributed by atoms with Crippen molar-refractivity contribution in [2.75, 3.05) is 18.2 Å². The number of nitrogens with one attached hydrogen (secondary N) is 1. The number of carbonyl (C=O) groups is 1. The predicted molar refractivity (Wildman–Crippen MR) is 98.7 cm³/mol. The second kappa shape index (κ2) is 8.20. The van der Waals surface area contributed by atoms with E-state index in [1.54, 1.807) is 18.0 Å². The van der Waals surface area contributed by atoms with Crippen LogP contribution in [0.25, 0.3) is 5.69 Å². The van der Waals surface area contributed by atoms with Crippen molar-refractivity contribution >= 4 is 35.0 Å². The number of methoxy groups -OCH3 is 1. The predicted octanol–water partition coefficient (Wildman–Crippen LogP) is 3.80. The van der Waals surface area contributed by atoms with Crippen LogP contribution in [0.15, 0.2) is 53.9 Å². The molecule has 0 aliphatic heterocycles. The molecule has 0 aliphatic carbocycles. The molecule has 1 N–H and O–H groups in total. The monoisotopic (exact) mass is 392 g/mol. The van der Waals surface area contributed by atoms with E-state index in [1.807, 2.05) is 24.3 Å². The molecule has 1 heterocycles. The van der Waals surface area contributed by atoms with Crippen molar-refractivity contribution in [3.05, 3.63) is 59.6 Å². The number of amides is 1. The van der Waals surface area contributed by atoms with Gasteiger partial charge in [-0.2, -0.15) is 0 Å². The average Bonchev–Trinajstić information content (AvgIpc) is 3.11. The topological polar surface area (TPSA) is 69.0 Å². The summed E-state index contributed by atoms with van der Waals surface area (Å²) in [7, 11) is 1.60. The second-order valence-electron chi connectivity index (χ2n) is 5.14. The van der Waals surface area contributed by atoms with Gasteiger partial charge in [0.05, 0.1) is 23.6 Å². The lowest BCUT2D eigenvalue weighted by Gasteiger charge is -2.08. The summed E-state index contributed by atoms with van der Waals surface area (Å²) >= 11 is 7.13. The third kappa shape index (κ3) is 4.33. The highest BCUT2D eigenvalue weighted by molar-refractivity contribution is 7.99. The first-order valence-electron chi connectivity index (χ1n) is 7.49. The molecule has 0 saturated carbocycles. The smallest absolute Gasteiger partial charge is 0.234 e. The van der Waals surface area contributed by atoms with Crippen LogP contribution in [0.2, 0.25) is 5.02 Å². The molecule has 1 aromatic heterocycles. The van der Waals surface area contributed by atoms with Crippen LogP contribution in [0, 0.1) is 5.82 Å². The molecule has 3 aromatic rings. The lowest BCUT2D eigenvalue weighted by molar-refractivity contribution is -0.113. The molecule has 0 fully saturated rings. The quantitative estimate of drug-likeness (QED) is 0.646. The Kier molecular flexibility index (Phi) is 5.75. The summed E-state index contributed by atoms with van der Waals surface area (Å²) in [6.07, 6.45) is 1.57. The van der Waals surface area contributed by atoms with Gasteiger partial charge in [0.15, 0.2) is 5.16 Å². The molecule has 0 saturated heterocycles. The maximum atomic E-state index is 13.0. The van der Waals surface area contributed by atoms with Crippen molar-refractivity contribution in [3.63, 3.8) is 0 Å². The van der Waals surface area contributed by atoms with Crippen molar-refractivity contribution in [1.29, 1.82) is 0 Å². The molecule has 0 unspecified atom stereocenters. The van der Waals surface area contributed by atoms with Crippen molar-refractivity contribution in [2.24, 2.45) is 0 Å². The van der Waals surface area contributed by atoms with E-state index < -0.39 is 5.82 Å². The van der Waals surface area contributed by atoms with Gasteiger partial charge in [-0.25, -0.2) is 4.39 Å². The molecule has 134 valence electrons. The number of nitrogens with zero attached hydrogens (tertiary/aromatic N) is 3. The Hall–Kier alpha value is -2.58. The van der Waals surface area contributed by atoms with E-state index in [0.29, 0.717) is 10.8 Å². The molecule has 0 radical (unpaired) electrons. The van der Waals surface area contributed by atoms with E-state index in [0.717, 1.165) is 17.5 Å². The van der Waals surface area contributed by atoms with Crippen molar-refractivity contribution in [2.45, 2.75) is 5.16 Å². The van der Waals surface area contributed by atoms with Gasteiger partial charge in [0.2, 0.25) is 5.91 Å². The number of anilines is 1. The second-order valence-corrected chi connectivity index (χ2v) is 6.49. The van der Waals surface area contributed by atoms with Crippen LogP contribution >= 0.6 is 23.4 Å². The van der Waals surface area contributed by atoms with Crippen LogP contribution in [0.4, 0.5) is 10.1 Å². The van der Waals surface area contributed by atoms with Crippen LogP contribution in [-0.2, 0) is 4.79 Å². The number of benzene rings is 2. The minimum absolute atomic E-state index is 0.0998. The SMILES string of the molecule is COc1ccc(-n2cnnc2SCC(=O)Nc2ccc(F)cc2Cl)cc1. The van der Waals surface area contributed by atoms with Crippen LogP contribution in [0.3, 0.4) is 0 Å². The number of hydrogen-bond donors (Lipinski definition) is 1. The summed E-state index contributed by atoms with van der Waals surface area (Å²) in [5.74, 6) is 0.0945. The lowest BCUT2D eigenvalue weighted by atomic mass is 10.3. The first-order chi connectivity index (χ1) is 12.6. The fourth-order valence-corrected chi connectivity index (χ4v) is 3.09. The Morgan fingerprint density at radius 3 is 2.77 bits per heavy atom. The van der Waals surface area contributed by atoms with Crippen molar-refractivity contribution in [1.82, 2.24) is 14.8 Å². The van der Waals surface area contributed by atoms with Gasteiger partial charge in [-0.3, -0.25) is 9.36 Å². The van der Waals surface area contributed by atoms with Gasteiger partial charge in [-0.1, -0.05) is 23.4 Å². The molecule has 0 aliphatic rings. The normalized spacial score (nSPS) is 10.6. The van der Waals surface area contributed by atoms with E-state index >= 15 is 0 Å². The van der Waals surface area contributed by atoms with Gasteiger partial charge in [0.1, 0.15) is 17.9 Å². The number of carbonyl (C=O) groups excluding carboxylic acids is 1. The van der Waals surface area contributed by atoms with E-state index in [9.17, 15) is 9.18 Å². The highest BCUT2D eigenvalue weighted by Gasteiger charge is 2.12. The fourth-order valence-electron chi connectivity index (χ4n) is 2.15. The summed E-state index contributed by atoms with van der Waals surface area (Å²) in [5, 5.41) is 11.3. The third-order valence-corrected chi connectivity index (χ3v) is 4.66. The van der Waals surface area contributed by atoms with Gasteiger partial charge < -0.3 is 10.1 Å².